The van der Waals surface area contributed by atoms with Crippen LogP contribution in [0, 0.1) is 0 Å². The Kier molecular flexibility index (Phi) is 10.1. The summed E-state index contributed by atoms with van der Waals surface area (Å²) in [5.74, 6) is -3.20. The molecule has 226 valence electrons. The van der Waals surface area contributed by atoms with Gasteiger partial charge in [0.25, 0.3) is 11.7 Å². The molecular weight excluding hydrogens is 573 g/mol. The zero-order valence-corrected chi connectivity index (χ0v) is 22.9. The van der Waals surface area contributed by atoms with Gasteiger partial charge in [-0.25, -0.2) is 0 Å². The van der Waals surface area contributed by atoms with E-state index in [4.69, 9.17) is 35.4 Å². The number of aliphatic carboxylic acids is 1. The number of carbonyl (C=O) groups is 3. The first-order valence-corrected chi connectivity index (χ1v) is 12.4. The summed E-state index contributed by atoms with van der Waals surface area (Å²) < 4.78 is 41.7. The lowest BCUT2D eigenvalue weighted by molar-refractivity contribution is -0.344. The maximum Gasteiger partial charge on any atom is 0.430 e. The Morgan fingerprint density at radius 1 is 1.02 bits per heavy atom. The highest BCUT2D eigenvalue weighted by molar-refractivity contribution is 6.10. The number of anilines is 1. The van der Waals surface area contributed by atoms with Gasteiger partial charge in [-0.3, -0.25) is 20.7 Å². The molecule has 5 N–H and O–H groups in total. The van der Waals surface area contributed by atoms with Gasteiger partial charge in [0.15, 0.2) is 0 Å². The molecule has 0 fully saturated rings. The zero-order chi connectivity index (χ0) is 31.8. The number of nitrogens with two attached hydrogens (primary N) is 2. The molecule has 11 nitrogen and oxygen atoms in total. The minimum absolute atomic E-state index is 0.0593. The van der Waals surface area contributed by atoms with E-state index in [1.807, 2.05) is 36.4 Å². The number of ether oxygens (including phenoxy) is 2. The average Bonchev–Trinajstić information content (AvgIpc) is 3.42. The van der Waals surface area contributed by atoms with Gasteiger partial charge in [0, 0.05) is 17.7 Å². The van der Waals surface area contributed by atoms with Crippen molar-refractivity contribution in [3.05, 3.63) is 83.9 Å². The molecule has 1 unspecified atom stereocenters. The molecular formula is C29H27F3N4O7. The van der Waals surface area contributed by atoms with Crippen molar-refractivity contribution in [1.29, 1.82) is 0 Å². The molecule has 1 atom stereocenters. The van der Waals surface area contributed by atoms with Crippen LogP contribution in [-0.4, -0.2) is 55.4 Å². The van der Waals surface area contributed by atoms with Crippen LogP contribution >= 0.6 is 0 Å². The Bertz CT molecular complexity index is 1540. The van der Waals surface area contributed by atoms with Crippen molar-refractivity contribution in [2.24, 2.45) is 10.9 Å². The molecule has 3 aromatic rings. The minimum Gasteiger partial charge on any atom is -0.542 e. The molecule has 0 radical (unpaired) electrons. The maximum atomic E-state index is 13.4. The van der Waals surface area contributed by atoms with Crippen molar-refractivity contribution in [1.82, 2.24) is 0 Å². The quantitative estimate of drug-likeness (QED) is 0.196. The van der Waals surface area contributed by atoms with Crippen LogP contribution in [0.1, 0.15) is 24.0 Å². The van der Waals surface area contributed by atoms with Crippen molar-refractivity contribution in [2.45, 2.75) is 24.6 Å². The van der Waals surface area contributed by atoms with Crippen molar-refractivity contribution >= 4 is 35.1 Å². The fraction of sp³-hybridized carbons (Fsp3) is 0.207. The number of rotatable bonds is 8. The molecule has 14 heteroatoms. The van der Waals surface area contributed by atoms with Crippen LogP contribution in [0.4, 0.5) is 18.9 Å². The van der Waals surface area contributed by atoms with E-state index in [-0.39, 0.29) is 18.7 Å². The number of oxime groups is 1. The fourth-order valence-electron chi connectivity index (χ4n) is 3.91. The van der Waals surface area contributed by atoms with Gasteiger partial charge >= 0.3 is 12.1 Å². The first-order valence-electron chi connectivity index (χ1n) is 12.4. The Morgan fingerprint density at radius 2 is 1.65 bits per heavy atom. The third-order valence-corrected chi connectivity index (χ3v) is 6.16. The van der Waals surface area contributed by atoms with Crippen LogP contribution < -0.4 is 26.3 Å². The lowest BCUT2D eigenvalue weighted by Crippen LogP contribution is -2.46. The van der Waals surface area contributed by atoms with Crippen LogP contribution in [0.25, 0.3) is 11.1 Å². The standard InChI is InChI=1S/C27H26N4O5.C2HF3O2/c1-34-22-8-4-5-18(14-22)17-9-11-21(12-10-17)30-26(33)27(16-24(32)35-2)15-23(31-36-27)19-6-3-7-20(13-19)25(28)29;3-2(4,5)1(6)7/h3-14H,15-16H2,1-2H3,(H3,28,29)(H,30,33);(H,6,7). The second-order valence-corrected chi connectivity index (χ2v) is 9.14. The molecule has 0 aromatic heterocycles. The van der Waals surface area contributed by atoms with Gasteiger partial charge in [0.2, 0.25) is 5.60 Å². The van der Waals surface area contributed by atoms with E-state index in [9.17, 15) is 22.8 Å². The summed E-state index contributed by atoms with van der Waals surface area (Å²) >= 11 is 0. The first kappa shape index (κ1) is 32.1. The van der Waals surface area contributed by atoms with E-state index in [1.165, 1.54) is 7.11 Å². The van der Waals surface area contributed by atoms with Gasteiger partial charge in [-0.15, -0.1) is 0 Å². The van der Waals surface area contributed by atoms with Crippen LogP contribution in [0.3, 0.4) is 0 Å². The molecule has 0 aliphatic carbocycles. The SMILES string of the molecule is COC(=O)CC1(C(=O)Nc2ccc(-c3cccc(OC)c3)cc2)CC(c2cccc(C(N)=[NH2+])c2)=NO1.O=C([O-])C(F)(F)F. The van der Waals surface area contributed by atoms with Gasteiger partial charge in [-0.1, -0.05) is 41.6 Å². The van der Waals surface area contributed by atoms with Crippen LogP contribution in [0.2, 0.25) is 0 Å². The van der Waals surface area contributed by atoms with Gasteiger partial charge in [0.05, 0.1) is 31.9 Å². The van der Waals surface area contributed by atoms with Gasteiger partial charge in [0.1, 0.15) is 11.7 Å². The Morgan fingerprint density at radius 3 is 2.23 bits per heavy atom. The van der Waals surface area contributed by atoms with Crippen molar-refractivity contribution in [2.75, 3.05) is 19.5 Å². The maximum absolute atomic E-state index is 13.4. The predicted molar refractivity (Wildman–Crippen MR) is 146 cm³/mol. The number of esters is 1. The topological polar surface area (TPSA) is 178 Å². The Hall–Kier alpha value is -5.40. The Labute approximate surface area is 243 Å². The molecule has 0 spiro atoms. The summed E-state index contributed by atoms with van der Waals surface area (Å²) in [6.45, 7) is 0. The predicted octanol–water partition coefficient (Wildman–Crippen LogP) is 1.19. The number of carbonyl (C=O) groups excluding carboxylic acids is 3. The van der Waals surface area contributed by atoms with E-state index < -0.39 is 29.6 Å². The van der Waals surface area contributed by atoms with Crippen molar-refractivity contribution in [3.8, 4) is 16.9 Å². The van der Waals surface area contributed by atoms with Crippen LogP contribution in [-0.2, 0) is 24.0 Å². The molecule has 0 saturated heterocycles. The summed E-state index contributed by atoms with van der Waals surface area (Å²) in [6.07, 6.45) is -5.45. The molecule has 1 aliphatic heterocycles. The molecule has 1 heterocycles. The van der Waals surface area contributed by atoms with Crippen LogP contribution in [0.5, 0.6) is 5.75 Å². The lowest BCUT2D eigenvalue weighted by Gasteiger charge is -2.24. The third kappa shape index (κ3) is 8.31. The highest BCUT2D eigenvalue weighted by Crippen LogP contribution is 2.33. The number of hydrogen-bond donors (Lipinski definition) is 3. The summed E-state index contributed by atoms with van der Waals surface area (Å²) in [4.78, 5) is 40.0. The summed E-state index contributed by atoms with van der Waals surface area (Å²) in [6, 6.07) is 22.1. The van der Waals surface area contributed by atoms with Gasteiger partial charge in [-0.2, -0.15) is 13.2 Å². The number of hydrogen-bond acceptors (Lipinski definition) is 8. The number of carboxylic acids is 1. The fourth-order valence-corrected chi connectivity index (χ4v) is 3.91. The lowest BCUT2D eigenvalue weighted by atomic mass is 9.89. The van der Waals surface area contributed by atoms with Crippen LogP contribution in [0.15, 0.2) is 78.0 Å². The molecule has 1 aliphatic rings. The Balaban J connectivity index is 0.000000646. The molecule has 43 heavy (non-hydrogen) atoms. The number of carboxylic acid groups (broad SMARTS) is 1. The monoisotopic (exact) mass is 600 g/mol. The van der Waals surface area contributed by atoms with Crippen molar-refractivity contribution < 1.29 is 52.4 Å². The number of nitrogens with zero attached hydrogens (tertiary/aromatic N) is 1. The van der Waals surface area contributed by atoms with E-state index >= 15 is 0 Å². The summed E-state index contributed by atoms with van der Waals surface area (Å²) in [5.41, 5.74) is 8.41. The highest BCUT2D eigenvalue weighted by atomic mass is 19.4. The third-order valence-electron chi connectivity index (χ3n) is 6.16. The number of nitrogens with one attached hydrogen (secondary N) is 1. The van der Waals surface area contributed by atoms with Gasteiger partial charge in [-0.05, 0) is 47.5 Å². The summed E-state index contributed by atoms with van der Waals surface area (Å²) in [5, 5.41) is 21.5. The molecule has 0 saturated carbocycles. The molecule has 0 bridgehead atoms. The number of alkyl halides is 3. The number of halogens is 3. The molecule has 4 rings (SSSR count). The number of methoxy groups -OCH3 is 2. The highest BCUT2D eigenvalue weighted by Gasteiger charge is 2.49. The van der Waals surface area contributed by atoms with Gasteiger partial charge < -0.3 is 29.5 Å². The number of amidine groups is 1. The molecule has 3 aromatic carbocycles. The normalized spacial score (nSPS) is 15.6. The second-order valence-electron chi connectivity index (χ2n) is 9.14. The number of benzene rings is 3. The first-order chi connectivity index (χ1) is 20.3. The van der Waals surface area contributed by atoms with E-state index in [2.05, 4.69) is 10.5 Å². The number of amides is 1. The summed E-state index contributed by atoms with van der Waals surface area (Å²) in [7, 11) is 2.87. The minimum atomic E-state index is -5.19. The second kappa shape index (κ2) is 13.5. The molecule has 1 amide bonds. The van der Waals surface area contributed by atoms with Crippen molar-refractivity contribution in [3.63, 3.8) is 0 Å². The van der Waals surface area contributed by atoms with E-state index in [1.54, 1.807) is 43.5 Å². The zero-order valence-electron chi connectivity index (χ0n) is 22.9. The van der Waals surface area contributed by atoms with E-state index in [0.717, 1.165) is 16.9 Å². The largest absolute Gasteiger partial charge is 0.542 e. The smallest absolute Gasteiger partial charge is 0.430 e. The van der Waals surface area contributed by atoms with E-state index in [0.29, 0.717) is 22.5 Å². The average molecular weight is 601 g/mol.